The van der Waals surface area contributed by atoms with Crippen molar-refractivity contribution in [3.63, 3.8) is 0 Å². The molecule has 6 heteroatoms. The second-order valence-electron chi connectivity index (χ2n) is 4.15. The summed E-state index contributed by atoms with van der Waals surface area (Å²) in [6.45, 7) is 0. The fourth-order valence-electron chi connectivity index (χ4n) is 1.87. The molecule has 1 unspecified atom stereocenters. The Kier molecular flexibility index (Phi) is 3.83. The monoisotopic (exact) mass is 283 g/mol. The molecule has 1 atom stereocenters. The zero-order valence-corrected chi connectivity index (χ0v) is 10.1. The van der Waals surface area contributed by atoms with Gasteiger partial charge in [-0.2, -0.15) is 17.6 Å². The van der Waals surface area contributed by atoms with Crippen molar-refractivity contribution >= 4 is 6.29 Å². The number of alkyl halides is 3. The number of carbonyl (C=O) groups is 1. The normalized spacial score (nSPS) is 13.0. The van der Waals surface area contributed by atoms with Gasteiger partial charge < -0.3 is 4.79 Å². The Labute approximate surface area is 112 Å². The number of benzene rings is 1. The van der Waals surface area contributed by atoms with Crippen LogP contribution in [0.2, 0.25) is 0 Å². The van der Waals surface area contributed by atoms with Crippen molar-refractivity contribution in [1.29, 1.82) is 0 Å². The molecule has 0 N–H and O–H groups in total. The fourth-order valence-corrected chi connectivity index (χ4v) is 1.87. The predicted molar refractivity (Wildman–Crippen MR) is 63.5 cm³/mol. The lowest BCUT2D eigenvalue weighted by molar-refractivity contribution is -0.137. The first-order chi connectivity index (χ1) is 9.41. The molecule has 104 valence electrons. The van der Waals surface area contributed by atoms with Crippen molar-refractivity contribution in [2.24, 2.45) is 0 Å². The molecular weight excluding hydrogens is 274 g/mol. The van der Waals surface area contributed by atoms with Crippen LogP contribution in [0.3, 0.4) is 0 Å². The van der Waals surface area contributed by atoms with E-state index >= 15 is 0 Å². The van der Waals surface area contributed by atoms with Crippen LogP contribution in [0.4, 0.5) is 17.6 Å². The van der Waals surface area contributed by atoms with Gasteiger partial charge in [-0.3, -0.25) is 0 Å². The van der Waals surface area contributed by atoms with Gasteiger partial charge in [0.05, 0.1) is 11.5 Å². The van der Waals surface area contributed by atoms with Gasteiger partial charge in [0.1, 0.15) is 6.29 Å². The minimum atomic E-state index is -4.49. The standard InChI is InChI=1S/C14H9F4NO/c15-13-7-10(4-5-19-13)12(8-20)9-2-1-3-11(6-9)14(16,17)18/h1-8,12H. The molecule has 0 fully saturated rings. The van der Waals surface area contributed by atoms with E-state index in [2.05, 4.69) is 4.98 Å². The van der Waals surface area contributed by atoms with E-state index in [1.807, 2.05) is 0 Å². The lowest BCUT2D eigenvalue weighted by Crippen LogP contribution is -2.08. The third-order valence-electron chi connectivity index (χ3n) is 2.82. The highest BCUT2D eigenvalue weighted by Crippen LogP contribution is 2.32. The lowest BCUT2D eigenvalue weighted by Gasteiger charge is -2.13. The van der Waals surface area contributed by atoms with E-state index in [0.29, 0.717) is 6.29 Å². The summed E-state index contributed by atoms with van der Waals surface area (Å²) in [6, 6.07) is 6.83. The zero-order valence-electron chi connectivity index (χ0n) is 10.1. The van der Waals surface area contributed by atoms with Crippen LogP contribution in [-0.4, -0.2) is 11.3 Å². The second kappa shape index (κ2) is 5.40. The minimum absolute atomic E-state index is 0.153. The molecule has 0 saturated carbocycles. The van der Waals surface area contributed by atoms with Crippen molar-refractivity contribution in [3.8, 4) is 0 Å². The molecule has 0 aliphatic carbocycles. The second-order valence-corrected chi connectivity index (χ2v) is 4.15. The van der Waals surface area contributed by atoms with Crippen LogP contribution in [-0.2, 0) is 11.0 Å². The lowest BCUT2D eigenvalue weighted by atomic mass is 9.92. The molecule has 0 saturated heterocycles. The number of carbonyl (C=O) groups excluding carboxylic acids is 1. The Morgan fingerprint density at radius 1 is 1.10 bits per heavy atom. The van der Waals surface area contributed by atoms with E-state index in [1.54, 1.807) is 0 Å². The molecule has 0 radical (unpaired) electrons. The maximum absolute atomic E-state index is 13.0. The number of rotatable bonds is 3. The van der Waals surface area contributed by atoms with Crippen molar-refractivity contribution in [1.82, 2.24) is 4.98 Å². The molecule has 1 heterocycles. The Morgan fingerprint density at radius 2 is 1.80 bits per heavy atom. The van der Waals surface area contributed by atoms with Crippen LogP contribution in [0.25, 0.3) is 0 Å². The summed E-state index contributed by atoms with van der Waals surface area (Å²) < 4.78 is 51.0. The Hall–Kier alpha value is -2.24. The van der Waals surface area contributed by atoms with E-state index in [4.69, 9.17) is 0 Å². The molecule has 2 aromatic rings. The summed E-state index contributed by atoms with van der Waals surface area (Å²) in [4.78, 5) is 14.5. The number of aldehydes is 1. The zero-order chi connectivity index (χ0) is 14.8. The van der Waals surface area contributed by atoms with Gasteiger partial charge in [-0.1, -0.05) is 18.2 Å². The molecule has 1 aromatic carbocycles. The highest BCUT2D eigenvalue weighted by atomic mass is 19.4. The van der Waals surface area contributed by atoms with Crippen molar-refractivity contribution in [2.45, 2.75) is 12.1 Å². The summed E-state index contributed by atoms with van der Waals surface area (Å²) in [5.74, 6) is -1.75. The Bertz CT molecular complexity index is 625. The van der Waals surface area contributed by atoms with Crippen LogP contribution >= 0.6 is 0 Å². The highest BCUT2D eigenvalue weighted by molar-refractivity contribution is 5.68. The molecular formula is C14H9F4NO. The number of halogens is 4. The maximum Gasteiger partial charge on any atom is 0.416 e. The molecule has 0 aliphatic heterocycles. The number of pyridine rings is 1. The van der Waals surface area contributed by atoms with Crippen molar-refractivity contribution < 1.29 is 22.4 Å². The molecule has 0 amide bonds. The summed E-state index contributed by atoms with van der Waals surface area (Å²) in [6.07, 6.45) is -2.86. The third kappa shape index (κ3) is 3.01. The fraction of sp³-hybridized carbons (Fsp3) is 0.143. The number of hydrogen-bond acceptors (Lipinski definition) is 2. The number of hydrogen-bond donors (Lipinski definition) is 0. The SMILES string of the molecule is O=CC(c1cccc(C(F)(F)F)c1)c1ccnc(F)c1. The van der Waals surface area contributed by atoms with Crippen LogP contribution in [0.1, 0.15) is 22.6 Å². The van der Waals surface area contributed by atoms with Crippen LogP contribution in [0.15, 0.2) is 42.6 Å². The van der Waals surface area contributed by atoms with E-state index in [-0.39, 0.29) is 11.1 Å². The van der Waals surface area contributed by atoms with Crippen LogP contribution < -0.4 is 0 Å². The van der Waals surface area contributed by atoms with Gasteiger partial charge in [0, 0.05) is 6.20 Å². The molecule has 0 bridgehead atoms. The molecule has 2 nitrogen and oxygen atoms in total. The van der Waals surface area contributed by atoms with Crippen molar-refractivity contribution in [3.05, 3.63) is 65.2 Å². The quantitative estimate of drug-likeness (QED) is 0.489. The van der Waals surface area contributed by atoms with Crippen molar-refractivity contribution in [2.75, 3.05) is 0 Å². The van der Waals surface area contributed by atoms with E-state index < -0.39 is 23.6 Å². The number of aromatic nitrogens is 1. The molecule has 20 heavy (non-hydrogen) atoms. The van der Waals surface area contributed by atoms with Gasteiger partial charge >= 0.3 is 6.18 Å². The Balaban J connectivity index is 2.45. The average molecular weight is 283 g/mol. The van der Waals surface area contributed by atoms with Gasteiger partial charge in [0.2, 0.25) is 5.95 Å². The summed E-state index contributed by atoms with van der Waals surface area (Å²) >= 11 is 0. The Morgan fingerprint density at radius 3 is 2.40 bits per heavy atom. The van der Waals surface area contributed by atoms with Gasteiger partial charge in [0.25, 0.3) is 0 Å². The first-order valence-corrected chi connectivity index (χ1v) is 5.65. The van der Waals surface area contributed by atoms with Crippen LogP contribution in [0, 0.1) is 5.95 Å². The predicted octanol–water partition coefficient (Wildman–Crippen LogP) is 3.57. The van der Waals surface area contributed by atoms with Gasteiger partial charge in [-0.15, -0.1) is 0 Å². The topological polar surface area (TPSA) is 30.0 Å². The molecule has 2 rings (SSSR count). The third-order valence-corrected chi connectivity index (χ3v) is 2.82. The van der Waals surface area contributed by atoms with Gasteiger partial charge in [-0.05, 0) is 29.3 Å². The average Bonchev–Trinajstić information content (AvgIpc) is 2.39. The summed E-state index contributed by atoms with van der Waals surface area (Å²) in [7, 11) is 0. The number of nitrogens with zero attached hydrogens (tertiary/aromatic N) is 1. The minimum Gasteiger partial charge on any atom is -0.302 e. The first-order valence-electron chi connectivity index (χ1n) is 5.65. The van der Waals surface area contributed by atoms with Crippen LogP contribution in [0.5, 0.6) is 0 Å². The summed E-state index contributed by atoms with van der Waals surface area (Å²) in [5.41, 5.74) is -0.441. The van der Waals surface area contributed by atoms with Gasteiger partial charge in [0.15, 0.2) is 0 Å². The largest absolute Gasteiger partial charge is 0.416 e. The smallest absolute Gasteiger partial charge is 0.302 e. The van der Waals surface area contributed by atoms with E-state index in [0.717, 1.165) is 24.4 Å². The van der Waals surface area contributed by atoms with Gasteiger partial charge in [-0.25, -0.2) is 4.98 Å². The van der Waals surface area contributed by atoms with E-state index in [1.165, 1.54) is 18.2 Å². The summed E-state index contributed by atoms with van der Waals surface area (Å²) in [5, 5.41) is 0. The highest BCUT2D eigenvalue weighted by Gasteiger charge is 2.31. The van der Waals surface area contributed by atoms with E-state index in [9.17, 15) is 22.4 Å². The molecule has 0 spiro atoms. The molecule has 0 aliphatic rings. The maximum atomic E-state index is 13.0. The molecule has 1 aromatic heterocycles. The first kappa shape index (κ1) is 14.2.